The van der Waals surface area contributed by atoms with Crippen molar-refractivity contribution in [3.63, 3.8) is 0 Å². The first-order valence-corrected chi connectivity index (χ1v) is 8.68. The van der Waals surface area contributed by atoms with E-state index in [4.69, 9.17) is 10.5 Å². The Labute approximate surface area is 135 Å². The molecule has 22 heavy (non-hydrogen) atoms. The fraction of sp³-hybridized carbons (Fsp3) is 0.667. The van der Waals surface area contributed by atoms with Gasteiger partial charge in [0, 0.05) is 26.2 Å². The van der Waals surface area contributed by atoms with Gasteiger partial charge in [0.1, 0.15) is 5.75 Å². The maximum absolute atomic E-state index is 6.07. The molecule has 1 aliphatic heterocycles. The summed E-state index contributed by atoms with van der Waals surface area (Å²) >= 11 is 0. The minimum absolute atomic E-state index is 0.729. The molecule has 4 heteroatoms. The molecule has 1 fully saturated rings. The lowest BCUT2D eigenvalue weighted by atomic mass is 10.1. The van der Waals surface area contributed by atoms with E-state index >= 15 is 0 Å². The van der Waals surface area contributed by atoms with Gasteiger partial charge in [-0.1, -0.05) is 19.9 Å². The zero-order valence-electron chi connectivity index (χ0n) is 14.2. The largest absolute Gasteiger partial charge is 0.491 e. The van der Waals surface area contributed by atoms with Gasteiger partial charge in [-0.3, -0.25) is 0 Å². The number of hydrogen-bond acceptors (Lipinski definition) is 4. The Bertz CT molecular complexity index is 442. The number of nitrogen functional groups attached to an aromatic ring is 1. The van der Waals surface area contributed by atoms with Crippen molar-refractivity contribution in [3.8, 4) is 5.75 Å². The van der Waals surface area contributed by atoms with Crippen LogP contribution in [-0.2, 0) is 6.42 Å². The van der Waals surface area contributed by atoms with E-state index < -0.39 is 0 Å². The van der Waals surface area contributed by atoms with E-state index in [1.54, 1.807) is 0 Å². The molecule has 0 radical (unpaired) electrons. The molecule has 0 saturated carbocycles. The molecule has 1 aromatic rings. The minimum Gasteiger partial charge on any atom is -0.491 e. The van der Waals surface area contributed by atoms with Gasteiger partial charge >= 0.3 is 0 Å². The second-order valence-corrected chi connectivity index (χ2v) is 6.10. The zero-order chi connectivity index (χ0) is 15.8. The monoisotopic (exact) mass is 305 g/mol. The van der Waals surface area contributed by atoms with Crippen LogP contribution in [0.2, 0.25) is 0 Å². The number of benzene rings is 1. The number of likely N-dealkylation sites (N-methyl/N-ethyl adjacent to an activating group) is 1. The third-order valence-corrected chi connectivity index (χ3v) is 4.39. The number of aryl methyl sites for hydroxylation is 1. The molecular formula is C18H31N3O. The van der Waals surface area contributed by atoms with E-state index in [-0.39, 0.29) is 0 Å². The normalized spacial score (nSPS) is 16.8. The molecule has 0 aliphatic carbocycles. The van der Waals surface area contributed by atoms with E-state index in [1.165, 1.54) is 51.3 Å². The molecule has 2 N–H and O–H groups in total. The third-order valence-electron chi connectivity index (χ3n) is 4.39. The predicted octanol–water partition coefficient (Wildman–Crippen LogP) is 2.63. The van der Waals surface area contributed by atoms with Gasteiger partial charge in [0.15, 0.2) is 0 Å². The van der Waals surface area contributed by atoms with E-state index in [1.807, 2.05) is 6.07 Å². The van der Waals surface area contributed by atoms with Crippen LogP contribution in [0, 0.1) is 0 Å². The van der Waals surface area contributed by atoms with Gasteiger partial charge in [-0.25, -0.2) is 0 Å². The van der Waals surface area contributed by atoms with Crippen molar-refractivity contribution in [1.29, 1.82) is 0 Å². The van der Waals surface area contributed by atoms with Gasteiger partial charge in [-0.2, -0.15) is 0 Å². The van der Waals surface area contributed by atoms with Crippen LogP contribution in [0.5, 0.6) is 5.75 Å². The van der Waals surface area contributed by atoms with Gasteiger partial charge in [0.25, 0.3) is 0 Å². The number of nitrogens with two attached hydrogens (primary N) is 1. The van der Waals surface area contributed by atoms with Crippen molar-refractivity contribution in [2.75, 3.05) is 51.6 Å². The highest BCUT2D eigenvalue weighted by Gasteiger charge is 2.14. The summed E-state index contributed by atoms with van der Waals surface area (Å²) in [6.07, 6.45) is 3.29. The summed E-state index contributed by atoms with van der Waals surface area (Å²) < 4.78 is 5.62. The van der Waals surface area contributed by atoms with Crippen molar-refractivity contribution in [2.24, 2.45) is 0 Å². The topological polar surface area (TPSA) is 41.7 Å². The third kappa shape index (κ3) is 5.18. The summed E-state index contributed by atoms with van der Waals surface area (Å²) in [5.41, 5.74) is 8.15. The molecule has 2 rings (SSSR count). The number of piperazine rings is 1. The highest BCUT2D eigenvalue weighted by atomic mass is 16.5. The van der Waals surface area contributed by atoms with Crippen LogP contribution in [-0.4, -0.2) is 55.7 Å². The Balaban J connectivity index is 1.72. The molecule has 0 bridgehead atoms. The summed E-state index contributed by atoms with van der Waals surface area (Å²) in [4.78, 5) is 5.10. The number of rotatable bonds is 8. The number of anilines is 1. The molecule has 0 spiro atoms. The molecular weight excluding hydrogens is 274 g/mol. The highest BCUT2D eigenvalue weighted by Crippen LogP contribution is 2.23. The SMILES string of the molecule is CCCOc1ccc(CCCN2CCN(CC)CC2)cc1N. The number of ether oxygens (including phenoxy) is 1. The zero-order valence-corrected chi connectivity index (χ0v) is 14.2. The van der Waals surface area contributed by atoms with Gasteiger partial charge in [-0.15, -0.1) is 0 Å². The average molecular weight is 305 g/mol. The van der Waals surface area contributed by atoms with Crippen molar-refractivity contribution >= 4 is 5.69 Å². The number of nitrogens with zero attached hydrogens (tertiary/aromatic N) is 2. The maximum atomic E-state index is 6.07. The van der Waals surface area contributed by atoms with Crippen LogP contribution >= 0.6 is 0 Å². The van der Waals surface area contributed by atoms with E-state index in [0.29, 0.717) is 0 Å². The van der Waals surface area contributed by atoms with Crippen LogP contribution in [0.25, 0.3) is 0 Å². The van der Waals surface area contributed by atoms with E-state index in [9.17, 15) is 0 Å². The minimum atomic E-state index is 0.729. The molecule has 0 aromatic heterocycles. The quantitative estimate of drug-likeness (QED) is 0.750. The predicted molar refractivity (Wildman–Crippen MR) is 93.5 cm³/mol. The Morgan fingerprint density at radius 2 is 1.82 bits per heavy atom. The molecule has 1 aliphatic rings. The van der Waals surface area contributed by atoms with Crippen molar-refractivity contribution in [3.05, 3.63) is 23.8 Å². The van der Waals surface area contributed by atoms with Crippen LogP contribution in [0.1, 0.15) is 32.3 Å². The maximum Gasteiger partial charge on any atom is 0.142 e. The van der Waals surface area contributed by atoms with Gasteiger partial charge in [0.2, 0.25) is 0 Å². The standard InChI is InChI=1S/C18H31N3O/c1-3-14-22-18-8-7-16(15-17(18)19)6-5-9-21-12-10-20(4-2)11-13-21/h7-8,15H,3-6,9-14,19H2,1-2H3. The molecule has 1 aromatic carbocycles. The van der Waals surface area contributed by atoms with E-state index in [2.05, 4.69) is 35.8 Å². The fourth-order valence-electron chi connectivity index (χ4n) is 2.93. The Hall–Kier alpha value is -1.26. The smallest absolute Gasteiger partial charge is 0.142 e. The lowest BCUT2D eigenvalue weighted by Gasteiger charge is -2.34. The number of hydrogen-bond donors (Lipinski definition) is 1. The van der Waals surface area contributed by atoms with Gasteiger partial charge < -0.3 is 20.3 Å². The first kappa shape index (κ1) is 17.1. The average Bonchev–Trinajstić information content (AvgIpc) is 2.55. The lowest BCUT2D eigenvalue weighted by Crippen LogP contribution is -2.46. The lowest BCUT2D eigenvalue weighted by molar-refractivity contribution is 0.136. The molecule has 0 unspecified atom stereocenters. The first-order chi connectivity index (χ1) is 10.7. The summed E-state index contributed by atoms with van der Waals surface area (Å²) in [6.45, 7) is 12.3. The van der Waals surface area contributed by atoms with Crippen LogP contribution < -0.4 is 10.5 Å². The molecule has 0 amide bonds. The highest BCUT2D eigenvalue weighted by molar-refractivity contribution is 5.54. The first-order valence-electron chi connectivity index (χ1n) is 8.68. The van der Waals surface area contributed by atoms with E-state index in [0.717, 1.165) is 30.9 Å². The molecule has 124 valence electrons. The molecule has 1 saturated heterocycles. The summed E-state index contributed by atoms with van der Waals surface area (Å²) in [6, 6.07) is 6.23. The van der Waals surface area contributed by atoms with Crippen molar-refractivity contribution < 1.29 is 4.74 Å². The second-order valence-electron chi connectivity index (χ2n) is 6.10. The summed E-state index contributed by atoms with van der Waals surface area (Å²) in [7, 11) is 0. The fourth-order valence-corrected chi connectivity index (χ4v) is 2.93. The van der Waals surface area contributed by atoms with Crippen LogP contribution in [0.15, 0.2) is 18.2 Å². The second kappa shape index (κ2) is 9.01. The van der Waals surface area contributed by atoms with Crippen LogP contribution in [0.4, 0.5) is 5.69 Å². The van der Waals surface area contributed by atoms with Crippen molar-refractivity contribution in [2.45, 2.75) is 33.1 Å². The summed E-state index contributed by atoms with van der Waals surface area (Å²) in [5.74, 6) is 0.821. The van der Waals surface area contributed by atoms with Crippen LogP contribution in [0.3, 0.4) is 0 Å². The summed E-state index contributed by atoms with van der Waals surface area (Å²) in [5, 5.41) is 0. The van der Waals surface area contributed by atoms with Gasteiger partial charge in [-0.05, 0) is 50.0 Å². The Kier molecular flexibility index (Phi) is 7.00. The van der Waals surface area contributed by atoms with Crippen molar-refractivity contribution in [1.82, 2.24) is 9.80 Å². The molecule has 4 nitrogen and oxygen atoms in total. The molecule has 1 heterocycles. The molecule has 0 atom stereocenters. The Morgan fingerprint density at radius 3 is 2.45 bits per heavy atom. The Morgan fingerprint density at radius 1 is 1.09 bits per heavy atom. The van der Waals surface area contributed by atoms with Gasteiger partial charge in [0.05, 0.1) is 12.3 Å².